The molecule has 1 aromatic rings. The van der Waals surface area contributed by atoms with Crippen LogP contribution in [0.1, 0.15) is 18.5 Å². The smallest absolute Gasteiger partial charge is 0.115 e. The molecule has 0 saturated heterocycles. The van der Waals surface area contributed by atoms with E-state index >= 15 is 0 Å². The molecule has 3 N–H and O–H groups in total. The molecule has 0 aliphatic rings. The molecular formula is C11H18N2O. The molecule has 1 atom stereocenters. The van der Waals surface area contributed by atoms with Crippen molar-refractivity contribution in [3.63, 3.8) is 0 Å². The lowest BCUT2D eigenvalue weighted by Gasteiger charge is -2.24. The first-order chi connectivity index (χ1) is 6.65. The van der Waals surface area contributed by atoms with Gasteiger partial charge in [0.15, 0.2) is 0 Å². The van der Waals surface area contributed by atoms with E-state index in [4.69, 9.17) is 5.73 Å². The van der Waals surface area contributed by atoms with Gasteiger partial charge in [-0.1, -0.05) is 12.1 Å². The fourth-order valence-electron chi connectivity index (χ4n) is 1.44. The van der Waals surface area contributed by atoms with Crippen molar-refractivity contribution in [1.82, 2.24) is 4.90 Å². The molecule has 0 aliphatic carbocycles. The van der Waals surface area contributed by atoms with Crippen LogP contribution in [0.2, 0.25) is 0 Å². The Labute approximate surface area is 85.2 Å². The summed E-state index contributed by atoms with van der Waals surface area (Å²) in [5.74, 6) is 0.315. The number of aromatic hydroxyl groups is 1. The SMILES string of the molecule is CC(c1cccc(O)c1)N(C)CCN. The summed E-state index contributed by atoms with van der Waals surface area (Å²) >= 11 is 0. The molecule has 1 unspecified atom stereocenters. The highest BCUT2D eigenvalue weighted by molar-refractivity contribution is 5.29. The van der Waals surface area contributed by atoms with Gasteiger partial charge >= 0.3 is 0 Å². The molecule has 0 amide bonds. The highest BCUT2D eigenvalue weighted by Crippen LogP contribution is 2.21. The molecular weight excluding hydrogens is 176 g/mol. The van der Waals surface area contributed by atoms with Gasteiger partial charge in [0.1, 0.15) is 5.75 Å². The minimum Gasteiger partial charge on any atom is -0.508 e. The summed E-state index contributed by atoms with van der Waals surface area (Å²) in [6.07, 6.45) is 0. The Morgan fingerprint density at radius 3 is 2.79 bits per heavy atom. The number of phenols is 1. The van der Waals surface area contributed by atoms with Crippen LogP contribution in [0.25, 0.3) is 0 Å². The lowest BCUT2D eigenvalue weighted by Crippen LogP contribution is -2.28. The van der Waals surface area contributed by atoms with Crippen LogP contribution in [-0.4, -0.2) is 30.1 Å². The van der Waals surface area contributed by atoms with Crippen LogP contribution >= 0.6 is 0 Å². The topological polar surface area (TPSA) is 49.5 Å². The first-order valence-corrected chi connectivity index (χ1v) is 4.84. The van der Waals surface area contributed by atoms with Gasteiger partial charge in [0.2, 0.25) is 0 Å². The quantitative estimate of drug-likeness (QED) is 0.760. The van der Waals surface area contributed by atoms with Crippen LogP contribution in [0.4, 0.5) is 0 Å². The molecule has 1 rings (SSSR count). The Kier molecular flexibility index (Phi) is 3.92. The van der Waals surface area contributed by atoms with Gasteiger partial charge in [0.25, 0.3) is 0 Å². The third kappa shape index (κ3) is 2.72. The Morgan fingerprint density at radius 2 is 2.21 bits per heavy atom. The van der Waals surface area contributed by atoms with Crippen molar-refractivity contribution in [2.24, 2.45) is 5.73 Å². The van der Waals surface area contributed by atoms with E-state index in [2.05, 4.69) is 11.8 Å². The molecule has 0 fully saturated rings. The predicted molar refractivity (Wildman–Crippen MR) is 58.2 cm³/mol. The van der Waals surface area contributed by atoms with E-state index in [1.807, 2.05) is 19.2 Å². The standard InChI is InChI=1S/C11H18N2O/c1-9(13(2)7-6-12)10-4-3-5-11(14)8-10/h3-5,8-9,14H,6-7,12H2,1-2H3. The maximum Gasteiger partial charge on any atom is 0.115 e. The van der Waals surface area contributed by atoms with Crippen LogP contribution in [0, 0.1) is 0 Å². The van der Waals surface area contributed by atoms with Crippen molar-refractivity contribution < 1.29 is 5.11 Å². The summed E-state index contributed by atoms with van der Waals surface area (Å²) < 4.78 is 0. The minimum absolute atomic E-state index is 0.283. The van der Waals surface area contributed by atoms with Crippen LogP contribution in [0.15, 0.2) is 24.3 Å². The second-order valence-corrected chi connectivity index (χ2v) is 3.54. The summed E-state index contributed by atoms with van der Waals surface area (Å²) in [4.78, 5) is 2.16. The zero-order valence-electron chi connectivity index (χ0n) is 8.77. The van der Waals surface area contributed by atoms with E-state index in [1.165, 1.54) is 0 Å². The fraction of sp³-hybridized carbons (Fsp3) is 0.455. The zero-order chi connectivity index (χ0) is 10.6. The average Bonchev–Trinajstić information content (AvgIpc) is 2.17. The fourth-order valence-corrected chi connectivity index (χ4v) is 1.44. The molecule has 1 aromatic carbocycles. The second-order valence-electron chi connectivity index (χ2n) is 3.54. The molecule has 3 nitrogen and oxygen atoms in total. The Bertz CT molecular complexity index is 288. The van der Waals surface area contributed by atoms with Gasteiger partial charge in [-0.15, -0.1) is 0 Å². The lowest BCUT2D eigenvalue weighted by atomic mass is 10.1. The third-order valence-electron chi connectivity index (χ3n) is 2.50. The van der Waals surface area contributed by atoms with Gasteiger partial charge in [-0.25, -0.2) is 0 Å². The Balaban J connectivity index is 2.73. The molecule has 0 aromatic heterocycles. The molecule has 0 spiro atoms. The van der Waals surface area contributed by atoms with Gasteiger partial charge < -0.3 is 10.8 Å². The van der Waals surface area contributed by atoms with Gasteiger partial charge in [0, 0.05) is 19.1 Å². The molecule has 78 valence electrons. The highest BCUT2D eigenvalue weighted by Gasteiger charge is 2.10. The van der Waals surface area contributed by atoms with Gasteiger partial charge in [0.05, 0.1) is 0 Å². The van der Waals surface area contributed by atoms with Gasteiger partial charge in [-0.3, -0.25) is 4.90 Å². The number of hydrogen-bond acceptors (Lipinski definition) is 3. The summed E-state index contributed by atoms with van der Waals surface area (Å²) in [5, 5.41) is 9.33. The van der Waals surface area contributed by atoms with E-state index < -0.39 is 0 Å². The average molecular weight is 194 g/mol. The van der Waals surface area contributed by atoms with Gasteiger partial charge in [-0.05, 0) is 31.7 Å². The van der Waals surface area contributed by atoms with Crippen molar-refractivity contribution in [2.45, 2.75) is 13.0 Å². The number of phenolic OH excluding ortho intramolecular Hbond substituents is 1. The Morgan fingerprint density at radius 1 is 1.50 bits per heavy atom. The summed E-state index contributed by atoms with van der Waals surface area (Å²) in [6, 6.07) is 7.62. The minimum atomic E-state index is 0.283. The highest BCUT2D eigenvalue weighted by atomic mass is 16.3. The molecule has 0 aliphatic heterocycles. The molecule has 0 saturated carbocycles. The van der Waals surface area contributed by atoms with E-state index in [9.17, 15) is 5.11 Å². The number of nitrogens with two attached hydrogens (primary N) is 1. The summed E-state index contributed by atoms with van der Waals surface area (Å²) in [5.41, 5.74) is 6.60. The Hall–Kier alpha value is -1.06. The van der Waals surface area contributed by atoms with Crippen LogP contribution in [0.5, 0.6) is 5.75 Å². The van der Waals surface area contributed by atoms with E-state index in [0.29, 0.717) is 12.3 Å². The molecule has 0 bridgehead atoms. The van der Waals surface area contributed by atoms with E-state index in [1.54, 1.807) is 12.1 Å². The number of likely N-dealkylation sites (N-methyl/N-ethyl adjacent to an activating group) is 1. The first-order valence-electron chi connectivity index (χ1n) is 4.84. The van der Waals surface area contributed by atoms with Crippen LogP contribution in [0.3, 0.4) is 0 Å². The largest absolute Gasteiger partial charge is 0.508 e. The maximum atomic E-state index is 9.33. The number of hydrogen-bond donors (Lipinski definition) is 2. The number of benzene rings is 1. The maximum absolute atomic E-state index is 9.33. The van der Waals surface area contributed by atoms with Crippen LogP contribution < -0.4 is 5.73 Å². The van der Waals surface area contributed by atoms with Crippen LogP contribution in [-0.2, 0) is 0 Å². The monoisotopic (exact) mass is 194 g/mol. The zero-order valence-corrected chi connectivity index (χ0v) is 8.77. The number of nitrogens with zero attached hydrogens (tertiary/aromatic N) is 1. The lowest BCUT2D eigenvalue weighted by molar-refractivity contribution is 0.268. The van der Waals surface area contributed by atoms with Crippen molar-refractivity contribution >= 4 is 0 Å². The summed E-state index contributed by atoms with van der Waals surface area (Å²) in [6.45, 7) is 3.61. The van der Waals surface area contributed by atoms with Gasteiger partial charge in [-0.2, -0.15) is 0 Å². The van der Waals surface area contributed by atoms with Crippen molar-refractivity contribution in [2.75, 3.05) is 20.1 Å². The molecule has 14 heavy (non-hydrogen) atoms. The third-order valence-corrected chi connectivity index (χ3v) is 2.50. The van der Waals surface area contributed by atoms with Crippen molar-refractivity contribution in [3.8, 4) is 5.75 Å². The normalized spacial score (nSPS) is 13.1. The predicted octanol–water partition coefficient (Wildman–Crippen LogP) is 1.34. The molecule has 3 heteroatoms. The number of rotatable bonds is 4. The van der Waals surface area contributed by atoms with E-state index in [-0.39, 0.29) is 6.04 Å². The van der Waals surface area contributed by atoms with Crippen molar-refractivity contribution in [1.29, 1.82) is 0 Å². The van der Waals surface area contributed by atoms with E-state index in [0.717, 1.165) is 12.1 Å². The molecule has 0 heterocycles. The molecule has 0 radical (unpaired) electrons. The van der Waals surface area contributed by atoms with Crippen molar-refractivity contribution in [3.05, 3.63) is 29.8 Å². The summed E-state index contributed by atoms with van der Waals surface area (Å²) in [7, 11) is 2.03. The first kappa shape index (κ1) is 11.0. The second kappa shape index (κ2) is 4.98.